The molecule has 0 unspecified atom stereocenters. The van der Waals surface area contributed by atoms with Gasteiger partial charge in [0.05, 0.1) is 22.0 Å². The van der Waals surface area contributed by atoms with Gasteiger partial charge in [0.2, 0.25) is 5.95 Å². The molecule has 0 saturated carbocycles. The predicted molar refractivity (Wildman–Crippen MR) is 102 cm³/mol. The van der Waals surface area contributed by atoms with Crippen LogP contribution in [0.15, 0.2) is 35.8 Å². The molecule has 4 rings (SSSR count). The highest BCUT2D eigenvalue weighted by atomic mass is 32.1. The fraction of sp³-hybridized carbons (Fsp3) is 0.333. The van der Waals surface area contributed by atoms with Crippen molar-refractivity contribution in [3.8, 4) is 0 Å². The van der Waals surface area contributed by atoms with E-state index in [0.29, 0.717) is 24.7 Å². The largest absolute Gasteiger partial charge is 0.346 e. The summed E-state index contributed by atoms with van der Waals surface area (Å²) in [5.41, 5.74) is 8.05. The highest BCUT2D eigenvalue weighted by Gasteiger charge is 2.28. The number of amides is 1. The van der Waals surface area contributed by atoms with Gasteiger partial charge < -0.3 is 16.0 Å². The molecule has 0 bridgehead atoms. The van der Waals surface area contributed by atoms with Crippen LogP contribution in [0.4, 0.5) is 5.95 Å². The van der Waals surface area contributed by atoms with Crippen LogP contribution in [0.1, 0.15) is 35.6 Å². The summed E-state index contributed by atoms with van der Waals surface area (Å²) in [6.45, 7) is 3.23. The molecule has 3 N–H and O–H groups in total. The topological polar surface area (TPSA) is 97.0 Å². The molecule has 4 heterocycles. The Bertz CT molecular complexity index is 928. The van der Waals surface area contributed by atoms with Crippen LogP contribution in [-0.2, 0) is 0 Å². The smallest absolute Gasteiger partial charge is 0.274 e. The number of carbonyl (C=O) groups is 1. The van der Waals surface area contributed by atoms with E-state index >= 15 is 0 Å². The molecule has 134 valence electrons. The van der Waals surface area contributed by atoms with Crippen LogP contribution in [-0.4, -0.2) is 44.9 Å². The highest BCUT2D eigenvalue weighted by Crippen LogP contribution is 2.26. The van der Waals surface area contributed by atoms with Gasteiger partial charge in [0.15, 0.2) is 5.69 Å². The number of likely N-dealkylation sites (tertiary alicyclic amines) is 1. The third-order valence-corrected chi connectivity index (χ3v) is 5.41. The molecule has 1 saturated heterocycles. The van der Waals surface area contributed by atoms with Crippen molar-refractivity contribution < 1.29 is 4.79 Å². The number of fused-ring (bicyclic) bond motifs is 1. The number of rotatable bonds is 4. The Balaban J connectivity index is 1.65. The summed E-state index contributed by atoms with van der Waals surface area (Å²) in [6.07, 6.45) is 2.58. The molecule has 2 atom stereocenters. The van der Waals surface area contributed by atoms with E-state index in [4.69, 9.17) is 5.73 Å². The second-order valence-electron chi connectivity index (χ2n) is 6.45. The number of nitrogens with zero attached hydrogens (tertiary/aromatic N) is 4. The van der Waals surface area contributed by atoms with Gasteiger partial charge in [-0.25, -0.2) is 9.97 Å². The van der Waals surface area contributed by atoms with Crippen LogP contribution in [0.2, 0.25) is 0 Å². The first-order valence-corrected chi connectivity index (χ1v) is 9.47. The lowest BCUT2D eigenvalue weighted by Crippen LogP contribution is -2.32. The Hall–Kier alpha value is -2.58. The molecule has 3 aromatic heterocycles. The number of anilines is 1. The molecule has 0 aromatic carbocycles. The van der Waals surface area contributed by atoms with Crippen LogP contribution >= 0.6 is 11.3 Å². The Morgan fingerprint density at radius 1 is 1.38 bits per heavy atom. The SMILES string of the molecule is C[C@H](Nc1nc(C(=O)N2CC[C@H](N)C2)c2sccc2n1)c1ccccn1. The van der Waals surface area contributed by atoms with Crippen LogP contribution < -0.4 is 11.1 Å². The summed E-state index contributed by atoms with van der Waals surface area (Å²) in [4.78, 5) is 28.2. The minimum absolute atomic E-state index is 0.0430. The van der Waals surface area contributed by atoms with E-state index in [0.717, 1.165) is 22.3 Å². The Labute approximate surface area is 155 Å². The third kappa shape index (κ3) is 3.25. The minimum atomic E-state index is -0.0821. The number of hydrogen-bond acceptors (Lipinski definition) is 7. The van der Waals surface area contributed by atoms with E-state index in [9.17, 15) is 4.79 Å². The molecule has 0 radical (unpaired) electrons. The lowest BCUT2D eigenvalue weighted by Gasteiger charge is -2.17. The van der Waals surface area contributed by atoms with E-state index < -0.39 is 0 Å². The Morgan fingerprint density at radius 3 is 3.00 bits per heavy atom. The van der Waals surface area contributed by atoms with E-state index in [-0.39, 0.29) is 18.0 Å². The van der Waals surface area contributed by atoms with Gasteiger partial charge in [-0.3, -0.25) is 9.78 Å². The molecule has 1 aliphatic rings. The summed E-state index contributed by atoms with van der Waals surface area (Å²) < 4.78 is 0.812. The third-order valence-electron chi connectivity index (χ3n) is 4.50. The summed E-state index contributed by atoms with van der Waals surface area (Å²) >= 11 is 1.48. The van der Waals surface area contributed by atoms with Crippen molar-refractivity contribution >= 4 is 33.4 Å². The maximum Gasteiger partial charge on any atom is 0.274 e. The van der Waals surface area contributed by atoms with Gasteiger partial charge in [-0.1, -0.05) is 6.07 Å². The molecule has 26 heavy (non-hydrogen) atoms. The Kier molecular flexibility index (Phi) is 4.52. The maximum absolute atomic E-state index is 13.0. The first kappa shape index (κ1) is 16.9. The molecular formula is C18H20N6OS. The quantitative estimate of drug-likeness (QED) is 0.734. The van der Waals surface area contributed by atoms with E-state index in [1.165, 1.54) is 11.3 Å². The highest BCUT2D eigenvalue weighted by molar-refractivity contribution is 7.17. The van der Waals surface area contributed by atoms with Crippen molar-refractivity contribution in [3.05, 3.63) is 47.2 Å². The first-order chi connectivity index (χ1) is 12.6. The molecule has 0 spiro atoms. The molecule has 8 heteroatoms. The van der Waals surface area contributed by atoms with Gasteiger partial charge >= 0.3 is 0 Å². The zero-order valence-electron chi connectivity index (χ0n) is 14.4. The van der Waals surface area contributed by atoms with Gasteiger partial charge in [-0.2, -0.15) is 0 Å². The molecule has 7 nitrogen and oxygen atoms in total. The lowest BCUT2D eigenvalue weighted by atomic mass is 10.2. The standard InChI is InChI=1S/C18H20N6OS/c1-11(13-4-2-3-7-20-13)21-18-22-14-6-9-26-16(14)15(23-18)17(25)24-8-5-12(19)10-24/h2-4,6-7,9,11-12H,5,8,10,19H2,1H3,(H,21,22,23)/t11-,12-/m0/s1. The number of carbonyl (C=O) groups excluding carboxylic acids is 1. The van der Waals surface area contributed by atoms with Gasteiger partial charge in [0.1, 0.15) is 0 Å². The summed E-state index contributed by atoms with van der Waals surface area (Å²) in [5, 5.41) is 5.19. The van der Waals surface area contributed by atoms with Crippen LogP contribution in [0.5, 0.6) is 0 Å². The average molecular weight is 368 g/mol. The number of aromatic nitrogens is 3. The summed E-state index contributed by atoms with van der Waals surface area (Å²) in [7, 11) is 0. The van der Waals surface area contributed by atoms with Crippen LogP contribution in [0.25, 0.3) is 10.2 Å². The van der Waals surface area contributed by atoms with E-state index in [1.54, 1.807) is 11.1 Å². The van der Waals surface area contributed by atoms with Gasteiger partial charge in [0, 0.05) is 25.3 Å². The first-order valence-electron chi connectivity index (χ1n) is 8.59. The zero-order valence-corrected chi connectivity index (χ0v) is 15.2. The normalized spacial score (nSPS) is 18.2. The Morgan fingerprint density at radius 2 is 2.27 bits per heavy atom. The number of hydrogen-bond donors (Lipinski definition) is 2. The fourth-order valence-electron chi connectivity index (χ4n) is 3.09. The van der Waals surface area contributed by atoms with Crippen molar-refractivity contribution in [3.63, 3.8) is 0 Å². The van der Waals surface area contributed by atoms with E-state index in [2.05, 4.69) is 20.3 Å². The molecule has 1 amide bonds. The predicted octanol–water partition coefficient (Wildman–Crippen LogP) is 2.43. The van der Waals surface area contributed by atoms with Crippen molar-refractivity contribution in [1.29, 1.82) is 0 Å². The number of nitrogens with one attached hydrogen (secondary N) is 1. The van der Waals surface area contributed by atoms with E-state index in [1.807, 2.05) is 36.6 Å². The van der Waals surface area contributed by atoms with Crippen molar-refractivity contribution in [1.82, 2.24) is 19.9 Å². The molecule has 3 aromatic rings. The van der Waals surface area contributed by atoms with Gasteiger partial charge in [0.25, 0.3) is 5.91 Å². The van der Waals surface area contributed by atoms with Crippen molar-refractivity contribution in [2.24, 2.45) is 5.73 Å². The second-order valence-corrected chi connectivity index (χ2v) is 7.37. The summed E-state index contributed by atoms with van der Waals surface area (Å²) in [5.74, 6) is 0.349. The zero-order chi connectivity index (χ0) is 18.1. The number of thiophene rings is 1. The summed E-state index contributed by atoms with van der Waals surface area (Å²) in [6, 6.07) is 7.64. The number of nitrogens with two attached hydrogens (primary N) is 1. The van der Waals surface area contributed by atoms with Gasteiger partial charge in [-0.15, -0.1) is 11.3 Å². The van der Waals surface area contributed by atoms with Crippen molar-refractivity contribution in [2.45, 2.75) is 25.4 Å². The molecule has 0 aliphatic carbocycles. The minimum Gasteiger partial charge on any atom is -0.346 e. The van der Waals surface area contributed by atoms with Crippen molar-refractivity contribution in [2.75, 3.05) is 18.4 Å². The molecule has 1 fully saturated rings. The fourth-order valence-corrected chi connectivity index (χ4v) is 3.91. The van der Waals surface area contributed by atoms with Crippen LogP contribution in [0, 0.1) is 0 Å². The average Bonchev–Trinajstić information content (AvgIpc) is 3.30. The molecular weight excluding hydrogens is 348 g/mol. The van der Waals surface area contributed by atoms with Gasteiger partial charge in [-0.05, 0) is 36.9 Å². The second kappa shape index (κ2) is 6.97. The van der Waals surface area contributed by atoms with Crippen LogP contribution in [0.3, 0.4) is 0 Å². The maximum atomic E-state index is 13.0. The number of pyridine rings is 1. The monoisotopic (exact) mass is 368 g/mol. The molecule has 1 aliphatic heterocycles. The lowest BCUT2D eigenvalue weighted by molar-refractivity contribution is 0.0787.